The van der Waals surface area contributed by atoms with Crippen molar-refractivity contribution in [1.29, 1.82) is 0 Å². The van der Waals surface area contributed by atoms with Gasteiger partial charge < -0.3 is 15.2 Å². The molecule has 0 aliphatic rings. The summed E-state index contributed by atoms with van der Waals surface area (Å²) in [5.74, 6) is -1.70. The third-order valence-electron chi connectivity index (χ3n) is 4.58. The lowest BCUT2D eigenvalue weighted by atomic mass is 10.1. The average Bonchev–Trinajstić information content (AvgIpc) is 3.16. The Morgan fingerprint density at radius 3 is 2.47 bits per heavy atom. The predicted octanol–water partition coefficient (Wildman–Crippen LogP) is 3.92. The molecule has 1 heterocycles. The molecule has 30 heavy (non-hydrogen) atoms. The van der Waals surface area contributed by atoms with Crippen molar-refractivity contribution in [3.63, 3.8) is 0 Å². The summed E-state index contributed by atoms with van der Waals surface area (Å²) >= 11 is 0. The first-order valence-corrected chi connectivity index (χ1v) is 9.36. The van der Waals surface area contributed by atoms with Crippen LogP contribution in [0.1, 0.15) is 17.4 Å². The number of nitrogens with one attached hydrogen (secondary N) is 1. The summed E-state index contributed by atoms with van der Waals surface area (Å²) in [5.41, 5.74) is 1.01. The third kappa shape index (κ3) is 4.00. The lowest BCUT2D eigenvalue weighted by Gasteiger charge is -2.13. The van der Waals surface area contributed by atoms with E-state index >= 15 is 0 Å². The number of carbonyl (C=O) groups is 2. The molecule has 0 saturated heterocycles. The van der Waals surface area contributed by atoms with Gasteiger partial charge in [0, 0.05) is 5.69 Å². The van der Waals surface area contributed by atoms with Gasteiger partial charge in [-0.25, -0.2) is 9.48 Å². The number of aromatic nitrogens is 2. The van der Waals surface area contributed by atoms with Crippen LogP contribution in [0.3, 0.4) is 0 Å². The first-order valence-electron chi connectivity index (χ1n) is 9.36. The number of hydrogen-bond acceptors (Lipinski definition) is 5. The van der Waals surface area contributed by atoms with E-state index in [1.807, 2.05) is 54.6 Å². The molecule has 3 aromatic carbocycles. The Morgan fingerprint density at radius 2 is 1.70 bits per heavy atom. The zero-order valence-corrected chi connectivity index (χ0v) is 16.1. The van der Waals surface area contributed by atoms with Crippen molar-refractivity contribution in [1.82, 2.24) is 9.78 Å². The number of ether oxygens (including phenoxy) is 1. The van der Waals surface area contributed by atoms with Crippen LogP contribution in [-0.4, -0.2) is 32.9 Å². The van der Waals surface area contributed by atoms with Crippen molar-refractivity contribution in [3.05, 3.63) is 84.7 Å². The van der Waals surface area contributed by atoms with Gasteiger partial charge in [0.05, 0.1) is 11.9 Å². The molecule has 4 rings (SSSR count). The lowest BCUT2D eigenvalue weighted by Crippen LogP contribution is -2.30. The standard InChI is InChI=1S/C23H19N3O4/c1-15(22(28)24-18-12-11-16-7-5-6-8-17(16)13-18)30-23(29)21-20(27)14-26(25-21)19-9-3-2-4-10-19/h2-15,27H,1H3,(H,24,28)/t15-/m0/s1. The van der Waals surface area contributed by atoms with Crippen molar-refractivity contribution in [2.45, 2.75) is 13.0 Å². The van der Waals surface area contributed by atoms with Crippen molar-refractivity contribution >= 4 is 28.3 Å². The number of fused-ring (bicyclic) bond motifs is 1. The van der Waals surface area contributed by atoms with Crippen LogP contribution in [0, 0.1) is 0 Å². The second-order valence-corrected chi connectivity index (χ2v) is 6.74. The number of hydrogen-bond donors (Lipinski definition) is 2. The first-order chi connectivity index (χ1) is 14.5. The van der Waals surface area contributed by atoms with Crippen LogP contribution in [0.15, 0.2) is 79.0 Å². The van der Waals surface area contributed by atoms with Gasteiger partial charge in [-0.3, -0.25) is 4.79 Å². The summed E-state index contributed by atoms with van der Waals surface area (Å²) in [7, 11) is 0. The van der Waals surface area contributed by atoms with Gasteiger partial charge in [0.25, 0.3) is 5.91 Å². The first kappa shape index (κ1) is 19.2. The molecule has 0 bridgehead atoms. The summed E-state index contributed by atoms with van der Waals surface area (Å²) in [6, 6.07) is 22.3. The van der Waals surface area contributed by atoms with Gasteiger partial charge in [-0.1, -0.05) is 48.5 Å². The number of benzene rings is 3. The quantitative estimate of drug-likeness (QED) is 0.495. The minimum absolute atomic E-state index is 0.260. The maximum Gasteiger partial charge on any atom is 0.363 e. The normalized spacial score (nSPS) is 11.8. The van der Waals surface area contributed by atoms with E-state index in [0.29, 0.717) is 11.4 Å². The van der Waals surface area contributed by atoms with Crippen molar-refractivity contribution < 1.29 is 19.4 Å². The number of rotatable bonds is 5. The fraction of sp³-hybridized carbons (Fsp3) is 0.0870. The van der Waals surface area contributed by atoms with E-state index in [0.717, 1.165) is 10.8 Å². The average molecular weight is 401 g/mol. The maximum absolute atomic E-state index is 12.5. The molecule has 0 aliphatic heterocycles. The topological polar surface area (TPSA) is 93.4 Å². The molecule has 1 amide bonds. The van der Waals surface area contributed by atoms with E-state index in [1.165, 1.54) is 17.8 Å². The number of aromatic hydroxyl groups is 1. The second kappa shape index (κ2) is 8.08. The van der Waals surface area contributed by atoms with Crippen LogP contribution in [-0.2, 0) is 9.53 Å². The highest BCUT2D eigenvalue weighted by Gasteiger charge is 2.24. The minimum atomic E-state index is -1.08. The number of para-hydroxylation sites is 1. The lowest BCUT2D eigenvalue weighted by molar-refractivity contribution is -0.123. The van der Waals surface area contributed by atoms with Crippen molar-refractivity contribution in [2.24, 2.45) is 0 Å². The minimum Gasteiger partial charge on any atom is -0.504 e. The summed E-state index contributed by atoms with van der Waals surface area (Å²) in [6.07, 6.45) is 0.233. The van der Waals surface area contributed by atoms with E-state index < -0.39 is 18.0 Å². The molecular weight excluding hydrogens is 382 g/mol. The fourth-order valence-corrected chi connectivity index (χ4v) is 3.00. The summed E-state index contributed by atoms with van der Waals surface area (Å²) in [5, 5.41) is 18.9. The predicted molar refractivity (Wildman–Crippen MR) is 113 cm³/mol. The molecule has 0 aliphatic carbocycles. The Balaban J connectivity index is 1.44. The van der Waals surface area contributed by atoms with E-state index in [1.54, 1.807) is 18.2 Å². The second-order valence-electron chi connectivity index (χ2n) is 6.74. The highest BCUT2D eigenvalue weighted by atomic mass is 16.5. The largest absolute Gasteiger partial charge is 0.504 e. The smallest absolute Gasteiger partial charge is 0.363 e. The highest BCUT2D eigenvalue weighted by molar-refractivity contribution is 5.99. The molecule has 1 atom stereocenters. The molecule has 0 unspecified atom stereocenters. The molecule has 0 saturated carbocycles. The Hall–Kier alpha value is -4.13. The van der Waals surface area contributed by atoms with Gasteiger partial charge >= 0.3 is 5.97 Å². The third-order valence-corrected chi connectivity index (χ3v) is 4.58. The molecule has 0 fully saturated rings. The van der Waals surface area contributed by atoms with Crippen LogP contribution in [0.5, 0.6) is 5.75 Å². The number of anilines is 1. The highest BCUT2D eigenvalue weighted by Crippen LogP contribution is 2.21. The van der Waals surface area contributed by atoms with Gasteiger partial charge in [-0.2, -0.15) is 5.10 Å². The number of carbonyl (C=O) groups excluding carboxylic acids is 2. The summed E-state index contributed by atoms with van der Waals surface area (Å²) < 4.78 is 6.57. The molecule has 1 aromatic heterocycles. The fourth-order valence-electron chi connectivity index (χ4n) is 3.00. The molecule has 4 aromatic rings. The monoisotopic (exact) mass is 401 g/mol. The van der Waals surface area contributed by atoms with E-state index in [-0.39, 0.29) is 11.4 Å². The molecule has 0 radical (unpaired) electrons. The Bertz CT molecular complexity index is 1220. The number of amides is 1. The van der Waals surface area contributed by atoms with Crippen LogP contribution in [0.2, 0.25) is 0 Å². The van der Waals surface area contributed by atoms with Gasteiger partial charge in [0.1, 0.15) is 0 Å². The van der Waals surface area contributed by atoms with Crippen molar-refractivity contribution in [3.8, 4) is 11.4 Å². The molecular formula is C23H19N3O4. The Kier molecular flexibility index (Phi) is 5.17. The van der Waals surface area contributed by atoms with Crippen LogP contribution in [0.4, 0.5) is 5.69 Å². The van der Waals surface area contributed by atoms with Gasteiger partial charge in [-0.15, -0.1) is 0 Å². The van der Waals surface area contributed by atoms with Crippen LogP contribution < -0.4 is 5.32 Å². The number of nitrogens with zero attached hydrogens (tertiary/aromatic N) is 2. The maximum atomic E-state index is 12.5. The van der Waals surface area contributed by atoms with Crippen molar-refractivity contribution in [2.75, 3.05) is 5.32 Å². The Labute approximate surface area is 172 Å². The summed E-state index contributed by atoms with van der Waals surface area (Å²) in [6.45, 7) is 1.46. The zero-order chi connectivity index (χ0) is 21.1. The number of esters is 1. The van der Waals surface area contributed by atoms with Crippen LogP contribution in [0.25, 0.3) is 16.5 Å². The van der Waals surface area contributed by atoms with E-state index in [4.69, 9.17) is 4.74 Å². The van der Waals surface area contributed by atoms with E-state index in [2.05, 4.69) is 10.4 Å². The molecule has 2 N–H and O–H groups in total. The van der Waals surface area contributed by atoms with Gasteiger partial charge in [0.2, 0.25) is 5.69 Å². The Morgan fingerprint density at radius 1 is 1.00 bits per heavy atom. The van der Waals surface area contributed by atoms with E-state index in [9.17, 15) is 14.7 Å². The van der Waals surface area contributed by atoms with Gasteiger partial charge in [0.15, 0.2) is 11.9 Å². The summed E-state index contributed by atoms with van der Waals surface area (Å²) in [4.78, 5) is 24.9. The molecule has 150 valence electrons. The van der Waals surface area contributed by atoms with Gasteiger partial charge in [-0.05, 0) is 42.0 Å². The molecule has 7 heteroatoms. The zero-order valence-electron chi connectivity index (χ0n) is 16.1. The molecule has 7 nitrogen and oxygen atoms in total. The SMILES string of the molecule is C[C@H](OC(=O)c1nn(-c2ccccc2)cc1O)C(=O)Nc1ccc2ccccc2c1. The van der Waals surface area contributed by atoms with Crippen LogP contribution >= 0.6 is 0 Å². The molecule has 0 spiro atoms.